The number of fused-ring (bicyclic) bond motifs is 1. The van der Waals surface area contributed by atoms with Crippen LogP contribution < -0.4 is 4.74 Å². The molecule has 4 atom stereocenters. The number of epoxide rings is 1. The highest BCUT2D eigenvalue weighted by atomic mass is 16.8. The number of aliphatic hydroxyl groups is 2. The summed E-state index contributed by atoms with van der Waals surface area (Å²) in [4.78, 5) is 12.3. The maximum Gasteiger partial charge on any atom is 0.281 e. The molecule has 0 saturated carbocycles. The number of ether oxygens (including phenoxy) is 3. The van der Waals surface area contributed by atoms with Gasteiger partial charge in [-0.3, -0.25) is 4.79 Å². The summed E-state index contributed by atoms with van der Waals surface area (Å²) in [5.74, 6) is -1.84. The van der Waals surface area contributed by atoms with Crippen molar-refractivity contribution in [2.45, 2.75) is 30.5 Å². The van der Waals surface area contributed by atoms with E-state index in [-0.39, 0.29) is 16.9 Å². The van der Waals surface area contributed by atoms with E-state index < -0.39 is 29.4 Å². The molecule has 2 heterocycles. The Hall–Kier alpha value is -2.09. The number of carbonyl (C=O) groups excluding carboxylic acids is 1. The molecule has 0 bridgehead atoms. The summed E-state index contributed by atoms with van der Waals surface area (Å²) in [6, 6.07) is 2.78. The molecule has 0 aromatic heterocycles. The largest absolute Gasteiger partial charge is 0.507 e. The van der Waals surface area contributed by atoms with Gasteiger partial charge in [-0.1, -0.05) is 0 Å². The van der Waals surface area contributed by atoms with Gasteiger partial charge in [-0.25, -0.2) is 0 Å². The fourth-order valence-corrected chi connectivity index (χ4v) is 3.47. The van der Waals surface area contributed by atoms with Gasteiger partial charge in [0.2, 0.25) is 11.4 Å². The Morgan fingerprint density at radius 3 is 2.68 bits per heavy atom. The van der Waals surface area contributed by atoms with Crippen molar-refractivity contribution in [3.63, 3.8) is 0 Å². The third-order valence-corrected chi connectivity index (χ3v) is 4.51. The first kappa shape index (κ1) is 13.6. The average molecular weight is 306 g/mol. The van der Waals surface area contributed by atoms with E-state index in [1.54, 1.807) is 6.92 Å². The minimum Gasteiger partial charge on any atom is -0.507 e. The van der Waals surface area contributed by atoms with Crippen molar-refractivity contribution in [1.82, 2.24) is 0 Å². The molecule has 7 nitrogen and oxygen atoms in total. The zero-order valence-electron chi connectivity index (χ0n) is 11.9. The number of phenols is 1. The lowest BCUT2D eigenvalue weighted by Crippen LogP contribution is -2.49. The summed E-state index contributed by atoms with van der Waals surface area (Å²) in [5.41, 5.74) is -1.46. The molecule has 7 heteroatoms. The van der Waals surface area contributed by atoms with Crippen molar-refractivity contribution < 1.29 is 34.3 Å². The maximum absolute atomic E-state index is 12.3. The van der Waals surface area contributed by atoms with Gasteiger partial charge in [-0.05, 0) is 13.0 Å². The molecule has 1 saturated heterocycles. The molecular formula is C15H14O7. The Balaban J connectivity index is 1.96. The van der Waals surface area contributed by atoms with Crippen molar-refractivity contribution in [3.8, 4) is 11.5 Å². The molecule has 2 aliphatic heterocycles. The number of aromatic hydroxyl groups is 1. The van der Waals surface area contributed by atoms with Crippen molar-refractivity contribution >= 4 is 5.78 Å². The highest BCUT2D eigenvalue weighted by Crippen LogP contribution is 2.69. The van der Waals surface area contributed by atoms with E-state index in [1.807, 2.05) is 0 Å². The molecule has 3 N–H and O–H groups in total. The van der Waals surface area contributed by atoms with Gasteiger partial charge in [0.1, 0.15) is 29.5 Å². The first-order chi connectivity index (χ1) is 10.4. The van der Waals surface area contributed by atoms with Crippen molar-refractivity contribution in [2.75, 3.05) is 7.11 Å². The topological polar surface area (TPSA) is 109 Å². The Labute approximate surface area is 125 Å². The second kappa shape index (κ2) is 3.81. The third kappa shape index (κ3) is 1.25. The number of aliphatic hydroxyl groups excluding tert-OH is 2. The van der Waals surface area contributed by atoms with E-state index >= 15 is 0 Å². The van der Waals surface area contributed by atoms with Gasteiger partial charge in [0, 0.05) is 23.3 Å². The van der Waals surface area contributed by atoms with Gasteiger partial charge in [0.05, 0.1) is 7.11 Å². The van der Waals surface area contributed by atoms with Crippen LogP contribution in [-0.4, -0.2) is 39.6 Å². The summed E-state index contributed by atoms with van der Waals surface area (Å²) in [6.45, 7) is 1.57. The number of phenolic OH excluding ortho intramolecular Hbond substituents is 1. The van der Waals surface area contributed by atoms with Crippen LogP contribution in [0.15, 0.2) is 24.0 Å². The van der Waals surface area contributed by atoms with Crippen LogP contribution in [-0.2, 0) is 14.3 Å². The molecule has 116 valence electrons. The number of methoxy groups -OCH3 is 1. The van der Waals surface area contributed by atoms with Gasteiger partial charge in [-0.2, -0.15) is 0 Å². The summed E-state index contributed by atoms with van der Waals surface area (Å²) in [6.07, 6.45) is -1.58. The molecule has 0 radical (unpaired) electrons. The first-order valence-corrected chi connectivity index (χ1v) is 6.76. The van der Waals surface area contributed by atoms with Crippen LogP contribution in [0.3, 0.4) is 0 Å². The number of hydrogen-bond acceptors (Lipinski definition) is 7. The standard InChI is InChI=1S/C15H14O7/c1-6-3-10(17)14-13(19)11-8(4-7(20-2)5-9(11)16)12(18)15(14,21-6)22-14/h3-5,12-13,16,18-19H,1-2H3/t12-,13+,14+,15-/m0/s1. The number of benzene rings is 1. The van der Waals surface area contributed by atoms with Gasteiger partial charge in [0.15, 0.2) is 0 Å². The second-order valence-electron chi connectivity index (χ2n) is 5.68. The third-order valence-electron chi connectivity index (χ3n) is 4.51. The molecule has 4 rings (SSSR count). The molecule has 1 aromatic rings. The molecule has 0 amide bonds. The predicted molar refractivity (Wildman–Crippen MR) is 71.0 cm³/mol. The lowest BCUT2D eigenvalue weighted by molar-refractivity contribution is -0.133. The Morgan fingerprint density at radius 1 is 1.27 bits per heavy atom. The van der Waals surface area contributed by atoms with E-state index in [0.717, 1.165) is 0 Å². The first-order valence-electron chi connectivity index (χ1n) is 6.76. The van der Waals surface area contributed by atoms with Gasteiger partial charge in [0.25, 0.3) is 5.79 Å². The Morgan fingerprint density at radius 2 is 2.00 bits per heavy atom. The quantitative estimate of drug-likeness (QED) is 0.646. The van der Waals surface area contributed by atoms with Crippen LogP contribution >= 0.6 is 0 Å². The van der Waals surface area contributed by atoms with Crippen LogP contribution in [0.1, 0.15) is 30.3 Å². The van der Waals surface area contributed by atoms with Gasteiger partial charge < -0.3 is 29.5 Å². The van der Waals surface area contributed by atoms with Gasteiger partial charge in [-0.15, -0.1) is 0 Å². The monoisotopic (exact) mass is 306 g/mol. The van der Waals surface area contributed by atoms with Crippen LogP contribution in [0, 0.1) is 0 Å². The summed E-state index contributed by atoms with van der Waals surface area (Å²) < 4.78 is 16.1. The fraction of sp³-hybridized carbons (Fsp3) is 0.400. The van der Waals surface area contributed by atoms with Crippen LogP contribution in [0.2, 0.25) is 0 Å². The molecule has 22 heavy (non-hydrogen) atoms. The lowest BCUT2D eigenvalue weighted by atomic mass is 9.74. The van der Waals surface area contributed by atoms with Gasteiger partial charge >= 0.3 is 0 Å². The lowest BCUT2D eigenvalue weighted by Gasteiger charge is -2.36. The Kier molecular flexibility index (Phi) is 2.35. The SMILES string of the molecule is COc1cc(O)c2c(c1)[C@H](O)[C@@]13OC(C)=CC(=O)[C@@]1(O3)[C@@H]2O. The molecule has 1 aromatic carbocycles. The minimum absolute atomic E-state index is 0.0475. The highest BCUT2D eigenvalue weighted by molar-refractivity contribution is 6.03. The number of rotatable bonds is 1. The van der Waals surface area contributed by atoms with Crippen molar-refractivity contribution in [2.24, 2.45) is 0 Å². The van der Waals surface area contributed by atoms with Crippen molar-refractivity contribution in [1.29, 1.82) is 0 Å². The zero-order chi connectivity index (χ0) is 15.9. The molecule has 1 aliphatic carbocycles. The predicted octanol–water partition coefficient (Wildman–Crippen LogP) is 0.450. The number of hydrogen-bond donors (Lipinski definition) is 3. The smallest absolute Gasteiger partial charge is 0.281 e. The normalized spacial score (nSPS) is 38.2. The Bertz CT molecular complexity index is 740. The molecule has 1 fully saturated rings. The van der Waals surface area contributed by atoms with E-state index in [4.69, 9.17) is 14.2 Å². The number of ketones is 1. The maximum atomic E-state index is 12.3. The van der Waals surface area contributed by atoms with E-state index in [2.05, 4.69) is 0 Å². The molecule has 3 aliphatic rings. The minimum atomic E-state index is -1.72. The van der Waals surface area contributed by atoms with E-state index in [1.165, 1.54) is 25.3 Å². The molecular weight excluding hydrogens is 292 g/mol. The number of carbonyl (C=O) groups is 1. The fourth-order valence-electron chi connectivity index (χ4n) is 3.47. The van der Waals surface area contributed by atoms with Crippen molar-refractivity contribution in [3.05, 3.63) is 35.1 Å². The second-order valence-corrected chi connectivity index (χ2v) is 5.68. The molecule has 0 spiro atoms. The summed E-state index contributed by atoms with van der Waals surface area (Å²) in [5, 5.41) is 31.4. The zero-order valence-corrected chi connectivity index (χ0v) is 11.9. The summed E-state index contributed by atoms with van der Waals surface area (Å²) in [7, 11) is 1.41. The van der Waals surface area contributed by atoms with Crippen LogP contribution in [0.4, 0.5) is 0 Å². The summed E-state index contributed by atoms with van der Waals surface area (Å²) >= 11 is 0. The number of allylic oxidation sites excluding steroid dienone is 1. The average Bonchev–Trinajstić information content (AvgIpc) is 3.16. The highest BCUT2D eigenvalue weighted by Gasteiger charge is 2.87. The van der Waals surface area contributed by atoms with E-state index in [0.29, 0.717) is 11.5 Å². The van der Waals surface area contributed by atoms with E-state index in [9.17, 15) is 20.1 Å². The molecule has 0 unspecified atom stereocenters. The van der Waals surface area contributed by atoms with Crippen LogP contribution in [0.25, 0.3) is 0 Å². The van der Waals surface area contributed by atoms with Crippen LogP contribution in [0.5, 0.6) is 11.5 Å².